The molecule has 3 aromatic heterocycles. The standard InChI is InChI=1S/C20H23FN4OS/c1-11-6-15(10-25-9-13(3)23-19(11)25)24-20(26)18-16(21)8-17(27-18)14-4-5-22-12(2)7-14/h6,8-10,12,14,22H,4-5,7H2,1-3H3,(H,24,26). The van der Waals surface area contributed by atoms with Crippen molar-refractivity contribution in [2.75, 3.05) is 11.9 Å². The zero-order valence-electron chi connectivity index (χ0n) is 15.7. The maximum Gasteiger partial charge on any atom is 0.268 e. The van der Waals surface area contributed by atoms with E-state index in [2.05, 4.69) is 22.5 Å². The van der Waals surface area contributed by atoms with E-state index in [4.69, 9.17) is 0 Å². The molecule has 0 spiro atoms. The maximum atomic E-state index is 14.5. The van der Waals surface area contributed by atoms with Crippen LogP contribution in [0.4, 0.5) is 10.1 Å². The number of piperidine rings is 1. The van der Waals surface area contributed by atoms with Gasteiger partial charge in [0.25, 0.3) is 5.91 Å². The summed E-state index contributed by atoms with van der Waals surface area (Å²) in [6, 6.07) is 3.82. The third-order valence-electron chi connectivity index (χ3n) is 5.05. The van der Waals surface area contributed by atoms with Gasteiger partial charge in [-0.2, -0.15) is 0 Å². The molecule has 1 aliphatic rings. The van der Waals surface area contributed by atoms with E-state index < -0.39 is 11.7 Å². The van der Waals surface area contributed by atoms with Gasteiger partial charge >= 0.3 is 0 Å². The minimum Gasteiger partial charge on any atom is -0.320 e. The molecule has 0 radical (unpaired) electrons. The summed E-state index contributed by atoms with van der Waals surface area (Å²) in [5, 5.41) is 6.24. The monoisotopic (exact) mass is 386 g/mol. The highest BCUT2D eigenvalue weighted by molar-refractivity contribution is 7.14. The molecule has 4 rings (SSSR count). The molecule has 0 saturated carbocycles. The van der Waals surface area contributed by atoms with Crippen LogP contribution in [-0.4, -0.2) is 27.9 Å². The van der Waals surface area contributed by atoms with Crippen molar-refractivity contribution in [3.05, 3.63) is 51.4 Å². The molecule has 1 aliphatic heterocycles. The predicted octanol–water partition coefficient (Wildman–Crippen LogP) is 4.26. The number of carbonyl (C=O) groups is 1. The molecule has 3 aromatic rings. The number of hydrogen-bond donors (Lipinski definition) is 2. The molecule has 4 heterocycles. The molecular formula is C20H23FN4OS. The number of rotatable bonds is 3. The number of fused-ring (bicyclic) bond motifs is 1. The van der Waals surface area contributed by atoms with Crippen LogP contribution < -0.4 is 10.6 Å². The average molecular weight is 386 g/mol. The van der Waals surface area contributed by atoms with Crippen LogP contribution in [0.5, 0.6) is 0 Å². The number of anilines is 1. The number of amides is 1. The van der Waals surface area contributed by atoms with E-state index in [0.717, 1.165) is 41.2 Å². The molecule has 0 bridgehead atoms. The zero-order valence-corrected chi connectivity index (χ0v) is 16.5. The molecule has 0 aromatic carbocycles. The molecule has 1 fully saturated rings. The molecule has 142 valence electrons. The van der Waals surface area contributed by atoms with Gasteiger partial charge in [-0.05, 0) is 63.8 Å². The normalized spacial score (nSPS) is 20.1. The predicted molar refractivity (Wildman–Crippen MR) is 106 cm³/mol. The molecular weight excluding hydrogens is 363 g/mol. The van der Waals surface area contributed by atoms with Gasteiger partial charge in [-0.3, -0.25) is 4.79 Å². The Morgan fingerprint density at radius 1 is 1.37 bits per heavy atom. The van der Waals surface area contributed by atoms with E-state index in [1.807, 2.05) is 30.5 Å². The lowest BCUT2D eigenvalue weighted by Gasteiger charge is -2.27. The number of nitrogens with zero attached hydrogens (tertiary/aromatic N) is 2. The Morgan fingerprint density at radius 3 is 2.96 bits per heavy atom. The van der Waals surface area contributed by atoms with Crippen LogP contribution in [0, 0.1) is 19.7 Å². The summed E-state index contributed by atoms with van der Waals surface area (Å²) < 4.78 is 16.4. The first-order valence-corrected chi connectivity index (χ1v) is 10.0. The van der Waals surface area contributed by atoms with Gasteiger partial charge < -0.3 is 15.0 Å². The zero-order chi connectivity index (χ0) is 19.1. The van der Waals surface area contributed by atoms with Crippen LogP contribution in [-0.2, 0) is 0 Å². The molecule has 2 atom stereocenters. The van der Waals surface area contributed by atoms with Gasteiger partial charge in [-0.1, -0.05) is 0 Å². The van der Waals surface area contributed by atoms with Crippen molar-refractivity contribution in [2.45, 2.75) is 45.6 Å². The third kappa shape index (κ3) is 3.61. The van der Waals surface area contributed by atoms with Crippen molar-refractivity contribution >= 4 is 28.6 Å². The minimum absolute atomic E-state index is 0.149. The SMILES string of the molecule is Cc1cn2cc(NC(=O)c3sc(C4CCNC(C)C4)cc3F)cc(C)c2n1. The van der Waals surface area contributed by atoms with Crippen LogP contribution in [0.15, 0.2) is 24.5 Å². The molecule has 1 saturated heterocycles. The highest BCUT2D eigenvalue weighted by atomic mass is 32.1. The summed E-state index contributed by atoms with van der Waals surface area (Å²) >= 11 is 1.27. The molecule has 1 amide bonds. The molecule has 0 aliphatic carbocycles. The maximum absolute atomic E-state index is 14.5. The van der Waals surface area contributed by atoms with Crippen molar-refractivity contribution in [2.24, 2.45) is 0 Å². The second kappa shape index (κ2) is 7.05. The van der Waals surface area contributed by atoms with E-state index in [1.54, 1.807) is 6.20 Å². The van der Waals surface area contributed by atoms with Crippen LogP contribution in [0.3, 0.4) is 0 Å². The fourth-order valence-electron chi connectivity index (χ4n) is 3.78. The van der Waals surface area contributed by atoms with Gasteiger partial charge in [0.15, 0.2) is 0 Å². The third-order valence-corrected chi connectivity index (χ3v) is 6.32. The Balaban J connectivity index is 1.56. The Kier molecular flexibility index (Phi) is 4.74. The second-order valence-corrected chi connectivity index (χ2v) is 8.47. The van der Waals surface area contributed by atoms with Gasteiger partial charge in [-0.25, -0.2) is 9.37 Å². The number of halogens is 1. The highest BCUT2D eigenvalue weighted by Gasteiger charge is 2.25. The number of imidazole rings is 1. The fourth-order valence-corrected chi connectivity index (χ4v) is 4.86. The lowest BCUT2D eigenvalue weighted by atomic mass is 9.92. The highest BCUT2D eigenvalue weighted by Crippen LogP contribution is 2.34. The van der Waals surface area contributed by atoms with Gasteiger partial charge in [0, 0.05) is 23.3 Å². The Morgan fingerprint density at radius 2 is 2.19 bits per heavy atom. The smallest absolute Gasteiger partial charge is 0.268 e. The van der Waals surface area contributed by atoms with Crippen molar-refractivity contribution in [1.82, 2.24) is 14.7 Å². The average Bonchev–Trinajstić information content (AvgIpc) is 3.17. The van der Waals surface area contributed by atoms with Gasteiger partial charge in [0.05, 0.1) is 11.4 Å². The Hall–Kier alpha value is -2.25. The number of pyridine rings is 1. The van der Waals surface area contributed by atoms with Crippen molar-refractivity contribution < 1.29 is 9.18 Å². The lowest BCUT2D eigenvalue weighted by Crippen LogP contribution is -2.34. The summed E-state index contributed by atoms with van der Waals surface area (Å²) in [7, 11) is 0. The fraction of sp³-hybridized carbons (Fsp3) is 0.400. The number of thiophene rings is 1. The van der Waals surface area contributed by atoms with E-state index >= 15 is 0 Å². The summed E-state index contributed by atoms with van der Waals surface area (Å²) in [6.45, 7) is 6.94. The van der Waals surface area contributed by atoms with Gasteiger partial charge in [-0.15, -0.1) is 11.3 Å². The first kappa shape index (κ1) is 18.1. The molecule has 2 N–H and O–H groups in total. The van der Waals surface area contributed by atoms with E-state index in [-0.39, 0.29) is 4.88 Å². The topological polar surface area (TPSA) is 58.4 Å². The van der Waals surface area contributed by atoms with E-state index in [9.17, 15) is 9.18 Å². The molecule has 7 heteroatoms. The van der Waals surface area contributed by atoms with E-state index in [1.165, 1.54) is 17.4 Å². The number of hydrogen-bond acceptors (Lipinski definition) is 4. The molecule has 27 heavy (non-hydrogen) atoms. The van der Waals surface area contributed by atoms with Crippen molar-refractivity contribution in [1.29, 1.82) is 0 Å². The van der Waals surface area contributed by atoms with Crippen molar-refractivity contribution in [3.63, 3.8) is 0 Å². The second-order valence-electron chi connectivity index (χ2n) is 7.38. The van der Waals surface area contributed by atoms with Gasteiger partial charge in [0.1, 0.15) is 16.3 Å². The number of aromatic nitrogens is 2. The summed E-state index contributed by atoms with van der Waals surface area (Å²) in [6.07, 6.45) is 5.65. The lowest BCUT2D eigenvalue weighted by molar-refractivity contribution is 0.102. The summed E-state index contributed by atoms with van der Waals surface area (Å²) in [5.41, 5.74) is 3.35. The van der Waals surface area contributed by atoms with Crippen LogP contribution >= 0.6 is 11.3 Å². The number of carbonyl (C=O) groups excluding carboxylic acids is 1. The first-order valence-electron chi connectivity index (χ1n) is 9.20. The Labute approximate surface area is 161 Å². The van der Waals surface area contributed by atoms with Gasteiger partial charge in [0.2, 0.25) is 0 Å². The largest absolute Gasteiger partial charge is 0.320 e. The van der Waals surface area contributed by atoms with E-state index in [0.29, 0.717) is 17.6 Å². The molecule has 2 unspecified atom stereocenters. The summed E-state index contributed by atoms with van der Waals surface area (Å²) in [5.74, 6) is -0.522. The minimum atomic E-state index is -0.435. The van der Waals surface area contributed by atoms with Crippen LogP contribution in [0.1, 0.15) is 51.5 Å². The first-order chi connectivity index (χ1) is 12.9. The Bertz CT molecular complexity index is 1010. The number of nitrogens with one attached hydrogen (secondary N) is 2. The quantitative estimate of drug-likeness (QED) is 0.707. The van der Waals surface area contributed by atoms with Crippen LogP contribution in [0.2, 0.25) is 0 Å². The summed E-state index contributed by atoms with van der Waals surface area (Å²) in [4.78, 5) is 18.2. The molecule has 5 nitrogen and oxygen atoms in total. The van der Waals surface area contributed by atoms with Crippen LogP contribution in [0.25, 0.3) is 5.65 Å². The number of aryl methyl sites for hydroxylation is 2. The van der Waals surface area contributed by atoms with Crippen molar-refractivity contribution in [3.8, 4) is 0 Å².